The van der Waals surface area contributed by atoms with E-state index in [2.05, 4.69) is 5.32 Å². The molecule has 9 heteroatoms. The zero-order valence-electron chi connectivity index (χ0n) is 15.1. The lowest BCUT2D eigenvalue weighted by molar-refractivity contribution is -0.120. The van der Waals surface area contributed by atoms with Crippen LogP contribution >= 0.6 is 0 Å². The smallest absolute Gasteiger partial charge is 0.286 e. The third-order valence-corrected chi connectivity index (χ3v) is 6.57. The zero-order chi connectivity index (χ0) is 19.4. The third kappa shape index (κ3) is 4.59. The SMILES string of the molecule is COC(C(=O)NC1CC1)=C1CCN(S(=O)(=O)c2ccc(OCF)cc2)CC1. The van der Waals surface area contributed by atoms with Gasteiger partial charge in [0, 0.05) is 19.1 Å². The molecule has 2 fully saturated rings. The summed E-state index contributed by atoms with van der Waals surface area (Å²) in [4.78, 5) is 12.4. The average Bonchev–Trinajstić information content (AvgIpc) is 3.47. The van der Waals surface area contributed by atoms with E-state index < -0.39 is 16.9 Å². The van der Waals surface area contributed by atoms with Crippen molar-refractivity contribution in [1.29, 1.82) is 0 Å². The highest BCUT2D eigenvalue weighted by molar-refractivity contribution is 7.89. The molecule has 1 aliphatic carbocycles. The zero-order valence-corrected chi connectivity index (χ0v) is 15.9. The van der Waals surface area contributed by atoms with Crippen molar-refractivity contribution in [1.82, 2.24) is 9.62 Å². The molecule has 0 radical (unpaired) electrons. The fourth-order valence-electron chi connectivity index (χ4n) is 3.02. The number of methoxy groups -OCH3 is 1. The van der Waals surface area contributed by atoms with Crippen molar-refractivity contribution in [3.63, 3.8) is 0 Å². The van der Waals surface area contributed by atoms with E-state index >= 15 is 0 Å². The molecule has 1 N–H and O–H groups in total. The first-order valence-electron chi connectivity index (χ1n) is 8.81. The van der Waals surface area contributed by atoms with Gasteiger partial charge in [-0.3, -0.25) is 4.79 Å². The van der Waals surface area contributed by atoms with E-state index in [1.54, 1.807) is 0 Å². The predicted molar refractivity (Wildman–Crippen MR) is 96.2 cm³/mol. The Balaban J connectivity index is 1.68. The highest BCUT2D eigenvalue weighted by atomic mass is 32.2. The van der Waals surface area contributed by atoms with Crippen molar-refractivity contribution in [3.8, 4) is 5.75 Å². The molecule has 0 aromatic heterocycles. The van der Waals surface area contributed by atoms with E-state index in [1.165, 1.54) is 35.7 Å². The normalized spacial score (nSPS) is 18.1. The number of ether oxygens (including phenoxy) is 2. The Hall–Kier alpha value is -2.13. The molecule has 27 heavy (non-hydrogen) atoms. The Kier molecular flexibility index (Phi) is 6.01. The molecule has 1 saturated carbocycles. The van der Waals surface area contributed by atoms with Gasteiger partial charge in [0.1, 0.15) is 5.75 Å². The van der Waals surface area contributed by atoms with Crippen LogP contribution in [0, 0.1) is 0 Å². The lowest BCUT2D eigenvalue weighted by Gasteiger charge is -2.28. The number of nitrogens with zero attached hydrogens (tertiary/aromatic N) is 1. The fourth-order valence-corrected chi connectivity index (χ4v) is 4.46. The number of halogens is 1. The van der Waals surface area contributed by atoms with Crippen LogP contribution in [0.4, 0.5) is 4.39 Å². The van der Waals surface area contributed by atoms with Gasteiger partial charge in [-0.1, -0.05) is 0 Å². The quantitative estimate of drug-likeness (QED) is 0.561. The minimum absolute atomic E-state index is 0.125. The molecule has 3 rings (SSSR count). The number of carbonyl (C=O) groups is 1. The van der Waals surface area contributed by atoms with E-state index in [-0.39, 0.29) is 35.7 Å². The lowest BCUT2D eigenvalue weighted by atomic mass is 10.0. The second kappa shape index (κ2) is 8.26. The maximum absolute atomic E-state index is 12.8. The number of hydrogen-bond donors (Lipinski definition) is 1. The van der Waals surface area contributed by atoms with Crippen molar-refractivity contribution in [2.75, 3.05) is 27.1 Å². The molecule has 1 aromatic rings. The van der Waals surface area contributed by atoms with E-state index in [1.807, 2.05) is 0 Å². The summed E-state index contributed by atoms with van der Waals surface area (Å²) in [5, 5.41) is 2.89. The summed E-state index contributed by atoms with van der Waals surface area (Å²) in [6.45, 7) is -0.433. The molecule has 1 aromatic carbocycles. The van der Waals surface area contributed by atoms with E-state index in [9.17, 15) is 17.6 Å². The van der Waals surface area contributed by atoms with Gasteiger partial charge in [0.15, 0.2) is 5.76 Å². The Bertz CT molecular complexity index is 809. The van der Waals surface area contributed by atoms with Crippen LogP contribution in [0.3, 0.4) is 0 Å². The van der Waals surface area contributed by atoms with Gasteiger partial charge in [0.2, 0.25) is 16.9 Å². The van der Waals surface area contributed by atoms with Gasteiger partial charge in [0.25, 0.3) is 5.91 Å². The largest absolute Gasteiger partial charge is 0.491 e. The highest BCUT2D eigenvalue weighted by Gasteiger charge is 2.31. The highest BCUT2D eigenvalue weighted by Crippen LogP contribution is 2.27. The molecule has 0 unspecified atom stereocenters. The van der Waals surface area contributed by atoms with Gasteiger partial charge in [-0.25, -0.2) is 12.8 Å². The molecule has 1 aliphatic heterocycles. The van der Waals surface area contributed by atoms with Crippen molar-refractivity contribution in [3.05, 3.63) is 35.6 Å². The molecular weight excluding hydrogens is 375 g/mol. The van der Waals surface area contributed by atoms with Crippen LogP contribution in [0.5, 0.6) is 5.75 Å². The molecular formula is C18H23FN2O5S. The summed E-state index contributed by atoms with van der Waals surface area (Å²) in [5.41, 5.74) is 0.828. The standard InChI is InChI=1S/C18H23FN2O5S/c1-25-17(18(22)20-14-2-3-14)13-8-10-21(11-9-13)27(23,24)16-6-4-15(5-7-16)26-12-19/h4-7,14H,2-3,8-12H2,1H3,(H,20,22). The number of hydrogen-bond acceptors (Lipinski definition) is 5. The Labute approximate surface area is 158 Å². The van der Waals surface area contributed by atoms with Crippen LogP contribution in [0.25, 0.3) is 0 Å². The average molecular weight is 398 g/mol. The first kappa shape index (κ1) is 19.6. The van der Waals surface area contributed by atoms with Crippen LogP contribution in [-0.4, -0.2) is 51.7 Å². The number of alkyl halides is 1. The molecule has 1 heterocycles. The Morgan fingerprint density at radius 3 is 2.37 bits per heavy atom. The van der Waals surface area contributed by atoms with Crippen LogP contribution in [0.2, 0.25) is 0 Å². The van der Waals surface area contributed by atoms with Gasteiger partial charge in [-0.15, -0.1) is 0 Å². The topological polar surface area (TPSA) is 84.9 Å². The minimum Gasteiger partial charge on any atom is -0.491 e. The number of amides is 1. The van der Waals surface area contributed by atoms with Gasteiger partial charge < -0.3 is 14.8 Å². The molecule has 7 nitrogen and oxygen atoms in total. The lowest BCUT2D eigenvalue weighted by Crippen LogP contribution is -2.37. The first-order chi connectivity index (χ1) is 13.0. The molecule has 2 aliphatic rings. The molecule has 0 atom stereocenters. The van der Waals surface area contributed by atoms with Crippen LogP contribution in [0.15, 0.2) is 40.5 Å². The summed E-state index contributed by atoms with van der Waals surface area (Å²) in [7, 11) is -2.20. The summed E-state index contributed by atoms with van der Waals surface area (Å²) in [5.74, 6) is 0.341. The predicted octanol–water partition coefficient (Wildman–Crippen LogP) is 1.96. The molecule has 1 saturated heterocycles. The Morgan fingerprint density at radius 1 is 1.22 bits per heavy atom. The van der Waals surface area contributed by atoms with E-state index in [0.717, 1.165) is 18.4 Å². The van der Waals surface area contributed by atoms with E-state index in [0.29, 0.717) is 18.6 Å². The molecule has 0 bridgehead atoms. The van der Waals surface area contributed by atoms with Crippen LogP contribution in [-0.2, 0) is 19.6 Å². The van der Waals surface area contributed by atoms with Crippen LogP contribution in [0.1, 0.15) is 25.7 Å². The number of nitrogens with one attached hydrogen (secondary N) is 1. The number of rotatable bonds is 7. The molecule has 148 valence electrons. The van der Waals surface area contributed by atoms with Crippen molar-refractivity contribution < 1.29 is 27.1 Å². The number of benzene rings is 1. The minimum atomic E-state index is -3.66. The third-order valence-electron chi connectivity index (χ3n) is 4.65. The summed E-state index contributed by atoms with van der Waals surface area (Å²) in [6, 6.07) is 5.87. The maximum atomic E-state index is 12.8. The monoisotopic (exact) mass is 398 g/mol. The van der Waals surface area contributed by atoms with E-state index in [4.69, 9.17) is 9.47 Å². The Morgan fingerprint density at radius 2 is 1.85 bits per heavy atom. The van der Waals surface area contributed by atoms with Gasteiger partial charge in [-0.2, -0.15) is 4.31 Å². The second-order valence-electron chi connectivity index (χ2n) is 6.51. The molecule has 1 amide bonds. The fraction of sp³-hybridized carbons (Fsp3) is 0.500. The van der Waals surface area contributed by atoms with Crippen LogP contribution < -0.4 is 10.1 Å². The van der Waals surface area contributed by atoms with Crippen molar-refractivity contribution in [2.24, 2.45) is 0 Å². The summed E-state index contributed by atoms with van der Waals surface area (Å²) < 4.78 is 49.1. The molecule has 0 spiro atoms. The summed E-state index contributed by atoms with van der Waals surface area (Å²) in [6.07, 6.45) is 2.84. The van der Waals surface area contributed by atoms with Gasteiger partial charge in [0.05, 0.1) is 12.0 Å². The summed E-state index contributed by atoms with van der Waals surface area (Å²) >= 11 is 0. The van der Waals surface area contributed by atoms with Crippen molar-refractivity contribution in [2.45, 2.75) is 36.6 Å². The first-order valence-corrected chi connectivity index (χ1v) is 10.3. The van der Waals surface area contributed by atoms with Gasteiger partial charge in [-0.05, 0) is 55.5 Å². The van der Waals surface area contributed by atoms with Gasteiger partial charge >= 0.3 is 0 Å². The second-order valence-corrected chi connectivity index (χ2v) is 8.45. The maximum Gasteiger partial charge on any atom is 0.286 e. The number of sulfonamides is 1. The number of carbonyl (C=O) groups excluding carboxylic acids is 1. The number of piperidine rings is 1. The van der Waals surface area contributed by atoms with Crippen molar-refractivity contribution >= 4 is 15.9 Å².